The van der Waals surface area contributed by atoms with Gasteiger partial charge >= 0.3 is 0 Å². The summed E-state index contributed by atoms with van der Waals surface area (Å²) in [6, 6.07) is 8.59. The number of methoxy groups -OCH3 is 1. The number of hydrogen-bond acceptors (Lipinski definition) is 3. The fourth-order valence-electron chi connectivity index (χ4n) is 1.83. The third kappa shape index (κ3) is 8.69. The minimum Gasteiger partial charge on any atom is -0.496 e. The van der Waals surface area contributed by atoms with Gasteiger partial charge in [-0.2, -0.15) is 0 Å². The summed E-state index contributed by atoms with van der Waals surface area (Å²) in [5.74, 6) is 3.39. The molecule has 0 aliphatic heterocycles. The minimum absolute atomic E-state index is 0. The van der Waals surface area contributed by atoms with Crippen LogP contribution in [0.2, 0.25) is 0 Å². The van der Waals surface area contributed by atoms with Crippen LogP contribution in [0, 0.1) is 5.92 Å². The Kier molecular flexibility index (Phi) is 12.4. The molecule has 23 heavy (non-hydrogen) atoms. The zero-order valence-electron chi connectivity index (χ0n) is 14.8. The number of benzene rings is 1. The highest BCUT2D eigenvalue weighted by atomic mass is 127. The van der Waals surface area contributed by atoms with Gasteiger partial charge in [0.15, 0.2) is 5.96 Å². The van der Waals surface area contributed by atoms with Crippen molar-refractivity contribution in [1.29, 1.82) is 0 Å². The van der Waals surface area contributed by atoms with Gasteiger partial charge in [-0.1, -0.05) is 26.0 Å². The molecule has 2 unspecified atom stereocenters. The van der Waals surface area contributed by atoms with Crippen LogP contribution in [0.15, 0.2) is 34.2 Å². The average Bonchev–Trinajstić information content (AvgIpc) is 2.56. The topological polar surface area (TPSA) is 45.7 Å². The van der Waals surface area contributed by atoms with Gasteiger partial charge in [-0.25, -0.2) is 0 Å². The van der Waals surface area contributed by atoms with E-state index in [1.54, 1.807) is 7.11 Å². The van der Waals surface area contributed by atoms with E-state index in [1.165, 1.54) is 4.90 Å². The second-order valence-corrected chi connectivity index (χ2v) is 6.54. The van der Waals surface area contributed by atoms with Crippen molar-refractivity contribution in [2.45, 2.75) is 38.1 Å². The predicted octanol–water partition coefficient (Wildman–Crippen LogP) is 4.00. The summed E-state index contributed by atoms with van der Waals surface area (Å²) in [5.41, 5.74) is 0. The largest absolute Gasteiger partial charge is 0.496 e. The van der Waals surface area contributed by atoms with Crippen LogP contribution in [0.3, 0.4) is 0 Å². The maximum absolute atomic E-state index is 5.38. The molecule has 0 saturated heterocycles. The average molecular weight is 451 g/mol. The van der Waals surface area contributed by atoms with Crippen molar-refractivity contribution in [2.75, 3.05) is 26.5 Å². The third-order valence-electron chi connectivity index (χ3n) is 3.43. The highest BCUT2D eigenvalue weighted by molar-refractivity contribution is 14.0. The predicted molar refractivity (Wildman–Crippen MR) is 113 cm³/mol. The third-order valence-corrected chi connectivity index (χ3v) is 4.81. The monoisotopic (exact) mass is 451 g/mol. The first-order valence-electron chi connectivity index (χ1n) is 7.83. The molecule has 2 atom stereocenters. The summed E-state index contributed by atoms with van der Waals surface area (Å²) in [4.78, 5) is 5.45. The Hall–Kier alpha value is -0.630. The van der Waals surface area contributed by atoms with Gasteiger partial charge in [0, 0.05) is 30.3 Å². The van der Waals surface area contributed by atoms with Gasteiger partial charge in [0.25, 0.3) is 0 Å². The number of nitrogens with one attached hydrogen (secondary N) is 2. The van der Waals surface area contributed by atoms with Crippen LogP contribution in [0.4, 0.5) is 0 Å². The molecule has 1 rings (SSSR count). The van der Waals surface area contributed by atoms with Crippen LogP contribution in [-0.2, 0) is 0 Å². The molecule has 0 fully saturated rings. The van der Waals surface area contributed by atoms with Crippen LogP contribution in [0.1, 0.15) is 27.2 Å². The van der Waals surface area contributed by atoms with E-state index < -0.39 is 0 Å². The first-order valence-corrected chi connectivity index (χ1v) is 8.82. The standard InChI is InChI=1S/C17H29N3OS.HI/c1-6-14(3)20-17(18-4)19-11-13(2)12-22-16-10-8-7-9-15(16)21-5;/h7-10,13-14H,6,11-12H2,1-5H3,(H2,18,19,20);1H. The number of para-hydroxylation sites is 1. The van der Waals surface area contributed by atoms with E-state index in [4.69, 9.17) is 4.74 Å². The number of thioether (sulfide) groups is 1. The van der Waals surface area contributed by atoms with Crippen molar-refractivity contribution < 1.29 is 4.74 Å². The molecule has 0 aliphatic rings. The molecule has 0 heterocycles. The molecule has 0 aliphatic carbocycles. The fourth-order valence-corrected chi connectivity index (χ4v) is 2.88. The maximum Gasteiger partial charge on any atom is 0.191 e. The van der Waals surface area contributed by atoms with E-state index in [0.717, 1.165) is 30.4 Å². The number of ether oxygens (including phenoxy) is 1. The Morgan fingerprint density at radius 2 is 2.00 bits per heavy atom. The molecule has 0 radical (unpaired) electrons. The molecule has 1 aromatic carbocycles. The summed E-state index contributed by atoms with van der Waals surface area (Å²) in [5, 5.41) is 6.77. The van der Waals surface area contributed by atoms with Gasteiger partial charge in [-0.15, -0.1) is 35.7 Å². The van der Waals surface area contributed by atoms with Gasteiger partial charge in [0.05, 0.1) is 7.11 Å². The maximum atomic E-state index is 5.38. The second kappa shape index (κ2) is 12.8. The van der Waals surface area contributed by atoms with E-state index in [2.05, 4.69) is 42.5 Å². The number of hydrogen-bond donors (Lipinski definition) is 2. The summed E-state index contributed by atoms with van der Waals surface area (Å²) in [6.07, 6.45) is 1.08. The molecule has 0 aromatic heterocycles. The molecule has 2 N–H and O–H groups in total. The summed E-state index contributed by atoms with van der Waals surface area (Å²) in [6.45, 7) is 7.47. The van der Waals surface area contributed by atoms with Crippen molar-refractivity contribution in [2.24, 2.45) is 10.9 Å². The molecule has 0 bridgehead atoms. The molecule has 1 aromatic rings. The first kappa shape index (κ1) is 22.4. The number of halogens is 1. The first-order chi connectivity index (χ1) is 10.6. The molecular weight excluding hydrogens is 421 g/mol. The molecule has 0 saturated carbocycles. The summed E-state index contributed by atoms with van der Waals surface area (Å²) >= 11 is 1.83. The lowest BCUT2D eigenvalue weighted by Crippen LogP contribution is -2.43. The second-order valence-electron chi connectivity index (χ2n) is 5.47. The Morgan fingerprint density at radius 3 is 2.61 bits per heavy atom. The number of nitrogens with zero attached hydrogens (tertiary/aromatic N) is 1. The van der Waals surface area contributed by atoms with Crippen molar-refractivity contribution in [3.8, 4) is 5.75 Å². The van der Waals surface area contributed by atoms with Gasteiger partial charge < -0.3 is 15.4 Å². The highest BCUT2D eigenvalue weighted by Gasteiger charge is 2.08. The van der Waals surface area contributed by atoms with Crippen LogP contribution in [0.25, 0.3) is 0 Å². The summed E-state index contributed by atoms with van der Waals surface area (Å²) < 4.78 is 5.38. The van der Waals surface area contributed by atoms with E-state index in [0.29, 0.717) is 12.0 Å². The Morgan fingerprint density at radius 1 is 1.30 bits per heavy atom. The molecule has 132 valence electrons. The highest BCUT2D eigenvalue weighted by Crippen LogP contribution is 2.29. The lowest BCUT2D eigenvalue weighted by molar-refractivity contribution is 0.405. The van der Waals surface area contributed by atoms with Crippen molar-refractivity contribution >= 4 is 41.7 Å². The van der Waals surface area contributed by atoms with E-state index in [1.807, 2.05) is 37.0 Å². The zero-order valence-corrected chi connectivity index (χ0v) is 17.9. The lowest BCUT2D eigenvalue weighted by Gasteiger charge is -2.19. The Labute approximate surface area is 162 Å². The Balaban J connectivity index is 0.00000484. The minimum atomic E-state index is 0. The van der Waals surface area contributed by atoms with Gasteiger partial charge in [-0.05, 0) is 31.4 Å². The van der Waals surface area contributed by atoms with Crippen molar-refractivity contribution in [3.05, 3.63) is 24.3 Å². The number of rotatable bonds is 8. The quantitative estimate of drug-likeness (QED) is 0.272. The lowest BCUT2D eigenvalue weighted by atomic mass is 10.2. The normalized spacial score (nSPS) is 13.7. The molecular formula is C17H30IN3OS. The van der Waals surface area contributed by atoms with Gasteiger partial charge in [0.2, 0.25) is 0 Å². The van der Waals surface area contributed by atoms with Gasteiger partial charge in [-0.3, -0.25) is 4.99 Å². The van der Waals surface area contributed by atoms with Crippen LogP contribution in [0.5, 0.6) is 5.75 Å². The zero-order chi connectivity index (χ0) is 16.4. The van der Waals surface area contributed by atoms with Crippen LogP contribution in [-0.4, -0.2) is 38.5 Å². The molecule has 0 amide bonds. The fraction of sp³-hybridized carbons (Fsp3) is 0.588. The SMILES string of the molecule is CCC(C)NC(=NC)NCC(C)CSc1ccccc1OC.I. The molecule has 0 spiro atoms. The van der Waals surface area contributed by atoms with Crippen LogP contribution < -0.4 is 15.4 Å². The number of guanidine groups is 1. The molecule has 6 heteroatoms. The van der Waals surface area contributed by atoms with Crippen molar-refractivity contribution in [1.82, 2.24) is 10.6 Å². The summed E-state index contributed by atoms with van der Waals surface area (Å²) in [7, 11) is 3.53. The molecule has 4 nitrogen and oxygen atoms in total. The van der Waals surface area contributed by atoms with E-state index in [-0.39, 0.29) is 24.0 Å². The van der Waals surface area contributed by atoms with E-state index >= 15 is 0 Å². The smallest absolute Gasteiger partial charge is 0.191 e. The van der Waals surface area contributed by atoms with Crippen molar-refractivity contribution in [3.63, 3.8) is 0 Å². The number of aliphatic imine (C=N–C) groups is 1. The Bertz CT molecular complexity index is 471. The van der Waals surface area contributed by atoms with Crippen LogP contribution >= 0.6 is 35.7 Å². The van der Waals surface area contributed by atoms with Gasteiger partial charge in [0.1, 0.15) is 5.75 Å². The van der Waals surface area contributed by atoms with E-state index in [9.17, 15) is 0 Å².